The Morgan fingerprint density at radius 1 is 1.00 bits per heavy atom. The van der Waals surface area contributed by atoms with Gasteiger partial charge in [0.05, 0.1) is 0 Å². The van der Waals surface area contributed by atoms with Gasteiger partial charge < -0.3 is 5.32 Å². The second-order valence-electron chi connectivity index (χ2n) is 5.61. The molecule has 0 aliphatic carbocycles. The fourth-order valence-electron chi connectivity index (χ4n) is 2.73. The van der Waals surface area contributed by atoms with Gasteiger partial charge >= 0.3 is 0 Å². The molecule has 0 bridgehead atoms. The van der Waals surface area contributed by atoms with Gasteiger partial charge in [-0.25, -0.2) is 0 Å². The first-order valence-corrected chi connectivity index (χ1v) is 7.82. The normalized spacial score (nSPS) is 16.0. The summed E-state index contributed by atoms with van der Waals surface area (Å²) in [6.07, 6.45) is 2.97. The number of hydrogen-bond donors (Lipinski definition) is 1. The molecule has 3 rings (SSSR count). The van der Waals surface area contributed by atoms with E-state index in [2.05, 4.69) is 58.5 Å². The third-order valence-electron chi connectivity index (χ3n) is 4.09. The standard InChI is InChI=1S/C18H23N3/c1-2-18-8-7-17(13-20-18)16-5-3-15(4-6-16)14-21-11-9-19-10-12-21/h3-8,13,19H,2,9-12,14H2,1H3. The van der Waals surface area contributed by atoms with Crippen molar-refractivity contribution in [1.29, 1.82) is 0 Å². The van der Waals surface area contributed by atoms with Crippen molar-refractivity contribution in [1.82, 2.24) is 15.2 Å². The lowest BCUT2D eigenvalue weighted by Gasteiger charge is -2.27. The summed E-state index contributed by atoms with van der Waals surface area (Å²) >= 11 is 0. The van der Waals surface area contributed by atoms with Crippen LogP contribution in [0.2, 0.25) is 0 Å². The predicted octanol–water partition coefficient (Wildman–Crippen LogP) is 2.72. The number of benzene rings is 1. The summed E-state index contributed by atoms with van der Waals surface area (Å²) in [5.41, 5.74) is 4.98. The van der Waals surface area contributed by atoms with E-state index in [0.717, 1.165) is 44.8 Å². The fraction of sp³-hybridized carbons (Fsp3) is 0.389. The summed E-state index contributed by atoms with van der Waals surface area (Å²) in [5, 5.41) is 3.39. The van der Waals surface area contributed by atoms with Crippen molar-refractivity contribution in [3.63, 3.8) is 0 Å². The van der Waals surface area contributed by atoms with Gasteiger partial charge in [0.2, 0.25) is 0 Å². The van der Waals surface area contributed by atoms with Crippen molar-refractivity contribution in [3.8, 4) is 11.1 Å². The molecule has 0 atom stereocenters. The number of nitrogens with zero attached hydrogens (tertiary/aromatic N) is 2. The van der Waals surface area contributed by atoms with Crippen LogP contribution in [0.3, 0.4) is 0 Å². The lowest BCUT2D eigenvalue weighted by Crippen LogP contribution is -2.42. The summed E-state index contributed by atoms with van der Waals surface area (Å²) in [7, 11) is 0. The van der Waals surface area contributed by atoms with E-state index < -0.39 is 0 Å². The molecular formula is C18H23N3. The minimum atomic E-state index is 0.990. The largest absolute Gasteiger partial charge is 0.314 e. The Hall–Kier alpha value is -1.71. The lowest BCUT2D eigenvalue weighted by molar-refractivity contribution is 0.233. The zero-order valence-corrected chi connectivity index (χ0v) is 12.7. The van der Waals surface area contributed by atoms with Crippen LogP contribution in [-0.2, 0) is 13.0 Å². The van der Waals surface area contributed by atoms with Crippen molar-refractivity contribution < 1.29 is 0 Å². The number of piperazine rings is 1. The zero-order valence-electron chi connectivity index (χ0n) is 12.7. The van der Waals surface area contributed by atoms with Crippen LogP contribution in [0.15, 0.2) is 42.6 Å². The van der Waals surface area contributed by atoms with Crippen LogP contribution in [-0.4, -0.2) is 36.1 Å². The number of aromatic nitrogens is 1. The Labute approximate surface area is 127 Å². The average molecular weight is 281 g/mol. The second-order valence-corrected chi connectivity index (χ2v) is 5.61. The van der Waals surface area contributed by atoms with E-state index in [9.17, 15) is 0 Å². The van der Waals surface area contributed by atoms with Gasteiger partial charge in [-0.05, 0) is 23.6 Å². The Bertz CT molecular complexity index is 554. The Morgan fingerprint density at radius 3 is 2.33 bits per heavy atom. The molecule has 0 saturated carbocycles. The molecule has 1 saturated heterocycles. The first-order chi connectivity index (χ1) is 10.3. The molecule has 3 nitrogen and oxygen atoms in total. The summed E-state index contributed by atoms with van der Waals surface area (Å²) in [4.78, 5) is 6.98. The number of pyridine rings is 1. The SMILES string of the molecule is CCc1ccc(-c2ccc(CN3CCNCC3)cc2)cn1. The molecule has 3 heteroatoms. The Morgan fingerprint density at radius 2 is 1.71 bits per heavy atom. The molecule has 1 aromatic heterocycles. The first-order valence-electron chi connectivity index (χ1n) is 7.82. The van der Waals surface area contributed by atoms with E-state index >= 15 is 0 Å². The molecule has 21 heavy (non-hydrogen) atoms. The van der Waals surface area contributed by atoms with Crippen LogP contribution in [0, 0.1) is 0 Å². The fourth-order valence-corrected chi connectivity index (χ4v) is 2.73. The van der Waals surface area contributed by atoms with Crippen LogP contribution in [0.25, 0.3) is 11.1 Å². The zero-order chi connectivity index (χ0) is 14.5. The molecule has 110 valence electrons. The van der Waals surface area contributed by atoms with Gasteiger partial charge in [-0.3, -0.25) is 9.88 Å². The summed E-state index contributed by atoms with van der Waals surface area (Å²) < 4.78 is 0. The summed E-state index contributed by atoms with van der Waals surface area (Å²) in [6.45, 7) is 7.68. The summed E-state index contributed by atoms with van der Waals surface area (Å²) in [6, 6.07) is 13.2. The topological polar surface area (TPSA) is 28.2 Å². The molecule has 2 heterocycles. The highest BCUT2D eigenvalue weighted by Crippen LogP contribution is 2.20. The maximum atomic E-state index is 4.47. The molecular weight excluding hydrogens is 258 g/mol. The number of nitrogens with one attached hydrogen (secondary N) is 1. The van der Waals surface area contributed by atoms with Crippen LogP contribution in [0.5, 0.6) is 0 Å². The number of rotatable bonds is 4. The third kappa shape index (κ3) is 3.69. The van der Waals surface area contributed by atoms with Gasteiger partial charge in [0.1, 0.15) is 0 Å². The smallest absolute Gasteiger partial charge is 0.0401 e. The van der Waals surface area contributed by atoms with Crippen LogP contribution in [0.4, 0.5) is 0 Å². The van der Waals surface area contributed by atoms with Crippen molar-refractivity contribution in [2.24, 2.45) is 0 Å². The van der Waals surface area contributed by atoms with E-state index in [0.29, 0.717) is 0 Å². The molecule has 0 unspecified atom stereocenters. The molecule has 1 N–H and O–H groups in total. The number of aryl methyl sites for hydroxylation is 1. The molecule has 1 fully saturated rings. The van der Waals surface area contributed by atoms with Crippen LogP contribution < -0.4 is 5.32 Å². The van der Waals surface area contributed by atoms with Crippen LogP contribution in [0.1, 0.15) is 18.2 Å². The molecule has 2 aromatic rings. The minimum Gasteiger partial charge on any atom is -0.314 e. The van der Waals surface area contributed by atoms with Gasteiger partial charge in [-0.1, -0.05) is 37.3 Å². The van der Waals surface area contributed by atoms with Gasteiger partial charge in [0.25, 0.3) is 0 Å². The molecule has 1 aliphatic rings. The maximum Gasteiger partial charge on any atom is 0.0401 e. The highest BCUT2D eigenvalue weighted by atomic mass is 15.2. The van der Waals surface area contributed by atoms with Gasteiger partial charge in [0, 0.05) is 50.2 Å². The molecule has 1 aromatic carbocycles. The lowest BCUT2D eigenvalue weighted by atomic mass is 10.0. The molecule has 0 spiro atoms. The molecule has 0 amide bonds. The van der Waals surface area contributed by atoms with E-state index in [1.165, 1.54) is 16.7 Å². The summed E-state index contributed by atoms with van der Waals surface area (Å²) in [5.74, 6) is 0. The van der Waals surface area contributed by atoms with E-state index in [-0.39, 0.29) is 0 Å². The van der Waals surface area contributed by atoms with E-state index in [1.807, 2.05) is 6.20 Å². The van der Waals surface area contributed by atoms with Crippen LogP contribution >= 0.6 is 0 Å². The number of hydrogen-bond acceptors (Lipinski definition) is 3. The van der Waals surface area contributed by atoms with Crippen molar-refractivity contribution in [3.05, 3.63) is 53.9 Å². The minimum absolute atomic E-state index is 0.990. The average Bonchev–Trinajstić information content (AvgIpc) is 2.57. The maximum absolute atomic E-state index is 4.47. The molecule has 1 aliphatic heterocycles. The van der Waals surface area contributed by atoms with Crippen molar-refractivity contribution in [2.75, 3.05) is 26.2 Å². The molecule has 0 radical (unpaired) electrons. The first kappa shape index (κ1) is 14.2. The van der Waals surface area contributed by atoms with E-state index in [1.54, 1.807) is 0 Å². The highest BCUT2D eigenvalue weighted by molar-refractivity contribution is 5.62. The van der Waals surface area contributed by atoms with Crippen molar-refractivity contribution >= 4 is 0 Å². The van der Waals surface area contributed by atoms with E-state index in [4.69, 9.17) is 0 Å². The monoisotopic (exact) mass is 281 g/mol. The highest BCUT2D eigenvalue weighted by Gasteiger charge is 2.09. The van der Waals surface area contributed by atoms with Gasteiger partial charge in [0.15, 0.2) is 0 Å². The predicted molar refractivity (Wildman–Crippen MR) is 87.2 cm³/mol. The van der Waals surface area contributed by atoms with Gasteiger partial charge in [-0.15, -0.1) is 0 Å². The quantitative estimate of drug-likeness (QED) is 0.934. The van der Waals surface area contributed by atoms with Crippen molar-refractivity contribution in [2.45, 2.75) is 19.9 Å². The third-order valence-corrected chi connectivity index (χ3v) is 4.09. The van der Waals surface area contributed by atoms with Gasteiger partial charge in [-0.2, -0.15) is 0 Å². The Balaban J connectivity index is 1.67. The second kappa shape index (κ2) is 6.83. The Kier molecular flexibility index (Phi) is 4.63.